The van der Waals surface area contributed by atoms with Crippen molar-refractivity contribution in [3.63, 3.8) is 0 Å². The second-order valence-electron chi connectivity index (χ2n) is 6.54. The Morgan fingerprint density at radius 3 is 2.42 bits per heavy atom. The molecule has 106 valence electrons. The van der Waals surface area contributed by atoms with E-state index in [1.807, 2.05) is 0 Å². The van der Waals surface area contributed by atoms with Gasteiger partial charge in [-0.15, -0.1) is 0 Å². The first-order chi connectivity index (χ1) is 8.82. The van der Waals surface area contributed by atoms with Crippen molar-refractivity contribution in [1.82, 2.24) is 0 Å². The molecule has 1 aromatic carbocycles. The molecule has 1 aliphatic rings. The Kier molecular flexibility index (Phi) is 3.95. The van der Waals surface area contributed by atoms with Gasteiger partial charge in [0.25, 0.3) is 0 Å². The van der Waals surface area contributed by atoms with Crippen LogP contribution in [0, 0.1) is 23.5 Å². The zero-order valence-corrected chi connectivity index (χ0v) is 11.9. The zero-order chi connectivity index (χ0) is 14.2. The standard InChI is InChI=1S/C16H23F2N/c1-10-4-6-12(15(19)8-10)16(2,3)11-5-7-13(17)14(18)9-11/h5,7,9-10,12,15H,4,6,8,19H2,1-3H3. The third-order valence-electron chi connectivity index (χ3n) is 4.75. The van der Waals surface area contributed by atoms with Crippen LogP contribution in [-0.4, -0.2) is 6.04 Å². The van der Waals surface area contributed by atoms with Crippen molar-refractivity contribution in [2.24, 2.45) is 17.6 Å². The Morgan fingerprint density at radius 1 is 1.16 bits per heavy atom. The Hall–Kier alpha value is -0.960. The van der Waals surface area contributed by atoms with E-state index in [4.69, 9.17) is 5.73 Å². The maximum Gasteiger partial charge on any atom is 0.159 e. The van der Waals surface area contributed by atoms with Crippen molar-refractivity contribution in [2.45, 2.75) is 51.5 Å². The van der Waals surface area contributed by atoms with Crippen LogP contribution in [0.1, 0.15) is 45.6 Å². The van der Waals surface area contributed by atoms with Crippen molar-refractivity contribution >= 4 is 0 Å². The largest absolute Gasteiger partial charge is 0.327 e. The lowest BCUT2D eigenvalue weighted by molar-refractivity contribution is 0.170. The number of hydrogen-bond donors (Lipinski definition) is 1. The molecule has 0 spiro atoms. The lowest BCUT2D eigenvalue weighted by Gasteiger charge is -2.43. The number of nitrogens with two attached hydrogens (primary N) is 1. The van der Waals surface area contributed by atoms with Crippen LogP contribution in [0.4, 0.5) is 8.78 Å². The van der Waals surface area contributed by atoms with Crippen LogP contribution in [0.3, 0.4) is 0 Å². The number of halogens is 2. The molecule has 0 bridgehead atoms. The number of benzene rings is 1. The Labute approximate surface area is 114 Å². The maximum atomic E-state index is 13.4. The van der Waals surface area contributed by atoms with Gasteiger partial charge in [0.2, 0.25) is 0 Å². The molecular formula is C16H23F2N. The average Bonchev–Trinajstić information content (AvgIpc) is 2.32. The van der Waals surface area contributed by atoms with Gasteiger partial charge in [-0.1, -0.05) is 33.3 Å². The molecule has 0 aliphatic heterocycles. The van der Waals surface area contributed by atoms with Gasteiger partial charge in [-0.25, -0.2) is 8.78 Å². The first kappa shape index (κ1) is 14.4. The van der Waals surface area contributed by atoms with Gasteiger partial charge in [-0.2, -0.15) is 0 Å². The van der Waals surface area contributed by atoms with E-state index in [1.54, 1.807) is 6.07 Å². The fourth-order valence-corrected chi connectivity index (χ4v) is 3.43. The Balaban J connectivity index is 2.28. The second-order valence-corrected chi connectivity index (χ2v) is 6.54. The molecule has 1 nitrogen and oxygen atoms in total. The van der Waals surface area contributed by atoms with E-state index in [0.29, 0.717) is 11.8 Å². The Bertz CT molecular complexity index is 456. The van der Waals surface area contributed by atoms with Crippen molar-refractivity contribution in [2.75, 3.05) is 0 Å². The van der Waals surface area contributed by atoms with Crippen LogP contribution >= 0.6 is 0 Å². The minimum atomic E-state index is -0.791. The molecule has 2 N–H and O–H groups in total. The molecule has 0 heterocycles. The lowest BCUT2D eigenvalue weighted by Crippen LogP contribution is -2.45. The lowest BCUT2D eigenvalue weighted by atomic mass is 9.64. The van der Waals surface area contributed by atoms with Crippen LogP contribution in [0.2, 0.25) is 0 Å². The predicted octanol–water partition coefficient (Wildman–Crippen LogP) is 4.01. The second kappa shape index (κ2) is 5.20. The fraction of sp³-hybridized carbons (Fsp3) is 0.625. The summed E-state index contributed by atoms with van der Waals surface area (Å²) in [6.45, 7) is 6.39. The summed E-state index contributed by atoms with van der Waals surface area (Å²) in [5, 5.41) is 0. The van der Waals surface area contributed by atoms with Crippen molar-refractivity contribution < 1.29 is 8.78 Å². The van der Waals surface area contributed by atoms with Gasteiger partial charge in [0.05, 0.1) is 0 Å². The molecule has 1 aromatic rings. The SMILES string of the molecule is CC1CCC(C(C)(C)c2ccc(F)c(F)c2)C(N)C1. The van der Waals surface area contributed by atoms with Gasteiger partial charge in [-0.05, 0) is 47.8 Å². The van der Waals surface area contributed by atoms with E-state index < -0.39 is 11.6 Å². The van der Waals surface area contributed by atoms with Gasteiger partial charge in [0.1, 0.15) is 0 Å². The summed E-state index contributed by atoms with van der Waals surface area (Å²) >= 11 is 0. The molecule has 3 atom stereocenters. The molecule has 19 heavy (non-hydrogen) atoms. The highest BCUT2D eigenvalue weighted by atomic mass is 19.2. The van der Waals surface area contributed by atoms with Crippen LogP contribution in [-0.2, 0) is 5.41 Å². The van der Waals surface area contributed by atoms with Crippen molar-refractivity contribution in [3.05, 3.63) is 35.4 Å². The van der Waals surface area contributed by atoms with Crippen molar-refractivity contribution in [3.8, 4) is 0 Å². The van der Waals surface area contributed by atoms with Gasteiger partial charge in [-0.3, -0.25) is 0 Å². The summed E-state index contributed by atoms with van der Waals surface area (Å²) in [5.74, 6) is -0.593. The third-order valence-corrected chi connectivity index (χ3v) is 4.75. The van der Waals surface area contributed by atoms with Crippen LogP contribution in [0.15, 0.2) is 18.2 Å². The molecule has 2 rings (SSSR count). The highest BCUT2D eigenvalue weighted by molar-refractivity contribution is 5.27. The summed E-state index contributed by atoms with van der Waals surface area (Å²) in [4.78, 5) is 0. The normalized spacial score (nSPS) is 28.4. The minimum absolute atomic E-state index is 0.131. The molecule has 0 aromatic heterocycles. The van der Waals surface area contributed by atoms with E-state index in [1.165, 1.54) is 12.1 Å². The quantitative estimate of drug-likeness (QED) is 0.861. The van der Waals surface area contributed by atoms with Gasteiger partial charge in [0, 0.05) is 6.04 Å². The van der Waals surface area contributed by atoms with E-state index in [-0.39, 0.29) is 11.5 Å². The summed E-state index contributed by atoms with van der Waals surface area (Å²) in [5.41, 5.74) is 6.90. The number of hydrogen-bond acceptors (Lipinski definition) is 1. The zero-order valence-electron chi connectivity index (χ0n) is 11.9. The molecule has 1 aliphatic carbocycles. The molecule has 3 heteroatoms. The maximum absolute atomic E-state index is 13.4. The minimum Gasteiger partial charge on any atom is -0.327 e. The molecule has 0 radical (unpaired) electrons. The van der Waals surface area contributed by atoms with E-state index in [0.717, 1.165) is 24.8 Å². The Morgan fingerprint density at radius 2 is 1.84 bits per heavy atom. The predicted molar refractivity (Wildman–Crippen MR) is 73.9 cm³/mol. The molecule has 1 fully saturated rings. The van der Waals surface area contributed by atoms with Crippen molar-refractivity contribution in [1.29, 1.82) is 0 Å². The molecule has 0 amide bonds. The topological polar surface area (TPSA) is 26.0 Å². The number of rotatable bonds is 2. The summed E-state index contributed by atoms with van der Waals surface area (Å²) < 4.78 is 26.5. The van der Waals surface area contributed by atoms with E-state index in [9.17, 15) is 8.78 Å². The van der Waals surface area contributed by atoms with Crippen LogP contribution < -0.4 is 5.73 Å². The summed E-state index contributed by atoms with van der Waals surface area (Å²) in [6, 6.07) is 4.35. The van der Waals surface area contributed by atoms with E-state index >= 15 is 0 Å². The summed E-state index contributed by atoms with van der Waals surface area (Å²) in [7, 11) is 0. The molecular weight excluding hydrogens is 244 g/mol. The van der Waals surface area contributed by atoms with Crippen LogP contribution in [0.5, 0.6) is 0 Å². The van der Waals surface area contributed by atoms with Gasteiger partial charge < -0.3 is 5.73 Å². The molecule has 0 saturated heterocycles. The fourth-order valence-electron chi connectivity index (χ4n) is 3.43. The molecule has 3 unspecified atom stereocenters. The summed E-state index contributed by atoms with van der Waals surface area (Å²) in [6.07, 6.45) is 3.22. The molecule has 1 saturated carbocycles. The van der Waals surface area contributed by atoms with E-state index in [2.05, 4.69) is 20.8 Å². The van der Waals surface area contributed by atoms with Gasteiger partial charge in [0.15, 0.2) is 11.6 Å². The van der Waals surface area contributed by atoms with Gasteiger partial charge >= 0.3 is 0 Å². The average molecular weight is 267 g/mol. The highest BCUT2D eigenvalue weighted by Gasteiger charge is 2.38. The highest BCUT2D eigenvalue weighted by Crippen LogP contribution is 2.41. The first-order valence-corrected chi connectivity index (χ1v) is 7.03. The third kappa shape index (κ3) is 2.81. The first-order valence-electron chi connectivity index (χ1n) is 7.03. The van der Waals surface area contributed by atoms with Crippen LogP contribution in [0.25, 0.3) is 0 Å². The smallest absolute Gasteiger partial charge is 0.159 e. The monoisotopic (exact) mass is 267 g/mol.